The molecule has 2 heterocycles. The van der Waals surface area contributed by atoms with Crippen LogP contribution in [0.15, 0.2) is 24.3 Å². The van der Waals surface area contributed by atoms with Gasteiger partial charge in [0.15, 0.2) is 0 Å². The number of amides is 1. The lowest BCUT2D eigenvalue weighted by atomic mass is 10.0. The third-order valence-electron chi connectivity index (χ3n) is 4.32. The standard InChI is InChI=1S/C16H23N3O2/c17-13-11-21-10-12(13)16(20)18-14-6-2-3-7-15(14)19-8-4-1-5-9-19/h2-3,6-7,12-13H,1,4-5,8-11,17H2,(H,18,20). The van der Waals surface area contributed by atoms with Crippen LogP contribution in [0.1, 0.15) is 19.3 Å². The molecule has 2 fully saturated rings. The van der Waals surface area contributed by atoms with E-state index in [1.807, 2.05) is 18.2 Å². The van der Waals surface area contributed by atoms with Crippen LogP contribution in [0.3, 0.4) is 0 Å². The van der Waals surface area contributed by atoms with Crippen molar-refractivity contribution in [3.63, 3.8) is 0 Å². The van der Waals surface area contributed by atoms with Crippen molar-refractivity contribution in [2.75, 3.05) is 36.5 Å². The Kier molecular flexibility index (Phi) is 4.41. The number of piperidine rings is 1. The minimum Gasteiger partial charge on any atom is -0.379 e. The van der Waals surface area contributed by atoms with Crippen molar-refractivity contribution in [2.45, 2.75) is 25.3 Å². The first-order valence-corrected chi connectivity index (χ1v) is 7.74. The highest BCUT2D eigenvalue weighted by atomic mass is 16.5. The molecule has 3 N–H and O–H groups in total. The van der Waals surface area contributed by atoms with Crippen LogP contribution in [0, 0.1) is 5.92 Å². The molecule has 2 aliphatic rings. The van der Waals surface area contributed by atoms with Gasteiger partial charge in [0.2, 0.25) is 5.91 Å². The number of hydrogen-bond acceptors (Lipinski definition) is 4. The van der Waals surface area contributed by atoms with E-state index in [4.69, 9.17) is 10.5 Å². The van der Waals surface area contributed by atoms with Crippen LogP contribution >= 0.6 is 0 Å². The molecule has 0 saturated carbocycles. The zero-order valence-corrected chi connectivity index (χ0v) is 12.3. The monoisotopic (exact) mass is 289 g/mol. The fourth-order valence-electron chi connectivity index (χ4n) is 3.06. The highest BCUT2D eigenvalue weighted by Gasteiger charge is 2.31. The second-order valence-electron chi connectivity index (χ2n) is 5.86. The van der Waals surface area contributed by atoms with Gasteiger partial charge in [-0.1, -0.05) is 12.1 Å². The molecule has 1 amide bonds. The zero-order valence-electron chi connectivity index (χ0n) is 12.3. The van der Waals surface area contributed by atoms with E-state index in [0.717, 1.165) is 24.5 Å². The van der Waals surface area contributed by atoms with Gasteiger partial charge in [-0.05, 0) is 31.4 Å². The lowest BCUT2D eigenvalue weighted by Gasteiger charge is -2.30. The molecular formula is C16H23N3O2. The summed E-state index contributed by atoms with van der Waals surface area (Å²) < 4.78 is 5.28. The molecule has 1 aromatic rings. The number of anilines is 2. The quantitative estimate of drug-likeness (QED) is 0.886. The summed E-state index contributed by atoms with van der Waals surface area (Å²) in [6.07, 6.45) is 3.71. The van der Waals surface area contributed by atoms with Gasteiger partial charge in [0.1, 0.15) is 0 Å². The largest absolute Gasteiger partial charge is 0.379 e. The number of nitrogens with one attached hydrogen (secondary N) is 1. The van der Waals surface area contributed by atoms with Crippen LogP contribution in [0.25, 0.3) is 0 Å². The number of rotatable bonds is 3. The lowest BCUT2D eigenvalue weighted by Crippen LogP contribution is -2.38. The number of hydrogen-bond donors (Lipinski definition) is 2. The summed E-state index contributed by atoms with van der Waals surface area (Å²) in [6, 6.07) is 7.81. The summed E-state index contributed by atoms with van der Waals surface area (Å²) in [4.78, 5) is 14.7. The molecule has 2 aliphatic heterocycles. The molecule has 21 heavy (non-hydrogen) atoms. The molecular weight excluding hydrogens is 266 g/mol. The van der Waals surface area contributed by atoms with E-state index in [9.17, 15) is 4.79 Å². The lowest BCUT2D eigenvalue weighted by molar-refractivity contribution is -0.120. The third kappa shape index (κ3) is 3.19. The number of nitrogens with two attached hydrogens (primary N) is 1. The van der Waals surface area contributed by atoms with Crippen LogP contribution < -0.4 is 16.0 Å². The number of para-hydroxylation sites is 2. The van der Waals surface area contributed by atoms with Gasteiger partial charge in [0, 0.05) is 19.1 Å². The highest BCUT2D eigenvalue weighted by molar-refractivity contribution is 5.96. The van der Waals surface area contributed by atoms with Gasteiger partial charge >= 0.3 is 0 Å². The number of nitrogens with zero attached hydrogens (tertiary/aromatic N) is 1. The Balaban J connectivity index is 1.74. The first-order valence-electron chi connectivity index (χ1n) is 7.74. The van der Waals surface area contributed by atoms with Crippen molar-refractivity contribution in [3.05, 3.63) is 24.3 Å². The van der Waals surface area contributed by atoms with Gasteiger partial charge < -0.3 is 20.7 Å². The normalized spacial score (nSPS) is 25.9. The Labute approximate surface area is 125 Å². The molecule has 1 aromatic carbocycles. The molecule has 0 aliphatic carbocycles. The van der Waals surface area contributed by atoms with Gasteiger partial charge in [-0.15, -0.1) is 0 Å². The SMILES string of the molecule is NC1COCC1C(=O)Nc1ccccc1N1CCCCC1. The molecule has 2 unspecified atom stereocenters. The topological polar surface area (TPSA) is 67.6 Å². The average molecular weight is 289 g/mol. The van der Waals surface area contributed by atoms with Crippen molar-refractivity contribution in [1.82, 2.24) is 0 Å². The zero-order chi connectivity index (χ0) is 14.7. The van der Waals surface area contributed by atoms with Crippen LogP contribution in [0.4, 0.5) is 11.4 Å². The smallest absolute Gasteiger partial charge is 0.231 e. The fourth-order valence-corrected chi connectivity index (χ4v) is 3.06. The minimum atomic E-state index is -0.251. The molecule has 5 heteroatoms. The van der Waals surface area contributed by atoms with E-state index in [1.54, 1.807) is 0 Å². The summed E-state index contributed by atoms with van der Waals surface area (Å²) in [6.45, 7) is 2.99. The van der Waals surface area contributed by atoms with Gasteiger partial charge in [-0.2, -0.15) is 0 Å². The predicted molar refractivity (Wildman–Crippen MR) is 83.4 cm³/mol. The number of benzene rings is 1. The van der Waals surface area contributed by atoms with Crippen LogP contribution in [0.2, 0.25) is 0 Å². The summed E-state index contributed by atoms with van der Waals surface area (Å²) in [5.74, 6) is -0.288. The van der Waals surface area contributed by atoms with Gasteiger partial charge in [-0.3, -0.25) is 4.79 Å². The molecule has 2 saturated heterocycles. The maximum atomic E-state index is 12.4. The summed E-state index contributed by atoms with van der Waals surface area (Å²) >= 11 is 0. The van der Waals surface area contributed by atoms with Crippen LogP contribution in [-0.2, 0) is 9.53 Å². The van der Waals surface area contributed by atoms with Gasteiger partial charge in [0.05, 0.1) is 30.5 Å². The number of ether oxygens (including phenoxy) is 1. The Morgan fingerprint density at radius 1 is 1.19 bits per heavy atom. The molecule has 3 rings (SSSR count). The number of carbonyl (C=O) groups is 1. The first-order chi connectivity index (χ1) is 10.3. The molecule has 0 radical (unpaired) electrons. The van der Waals surface area contributed by atoms with Crippen molar-refractivity contribution < 1.29 is 9.53 Å². The van der Waals surface area contributed by atoms with Gasteiger partial charge in [0.25, 0.3) is 0 Å². The minimum absolute atomic E-state index is 0.0375. The van der Waals surface area contributed by atoms with Crippen molar-refractivity contribution in [2.24, 2.45) is 11.7 Å². The summed E-state index contributed by atoms with van der Waals surface area (Å²) in [5, 5.41) is 3.04. The Morgan fingerprint density at radius 2 is 1.95 bits per heavy atom. The molecule has 0 spiro atoms. The average Bonchev–Trinajstić information content (AvgIpc) is 2.95. The predicted octanol–water partition coefficient (Wildman–Crippen LogP) is 1.59. The van der Waals surface area contributed by atoms with Crippen molar-refractivity contribution in [1.29, 1.82) is 0 Å². The van der Waals surface area contributed by atoms with E-state index in [0.29, 0.717) is 13.2 Å². The van der Waals surface area contributed by atoms with E-state index >= 15 is 0 Å². The fraction of sp³-hybridized carbons (Fsp3) is 0.562. The van der Waals surface area contributed by atoms with E-state index in [2.05, 4.69) is 16.3 Å². The van der Waals surface area contributed by atoms with E-state index in [-0.39, 0.29) is 17.9 Å². The Morgan fingerprint density at radius 3 is 2.67 bits per heavy atom. The first kappa shape index (κ1) is 14.4. The molecule has 5 nitrogen and oxygen atoms in total. The molecule has 0 aromatic heterocycles. The number of carbonyl (C=O) groups excluding carboxylic acids is 1. The Bertz CT molecular complexity index is 500. The maximum Gasteiger partial charge on any atom is 0.231 e. The van der Waals surface area contributed by atoms with E-state index < -0.39 is 0 Å². The van der Waals surface area contributed by atoms with Gasteiger partial charge in [-0.25, -0.2) is 0 Å². The Hall–Kier alpha value is -1.59. The molecule has 2 atom stereocenters. The van der Waals surface area contributed by atoms with Crippen molar-refractivity contribution >= 4 is 17.3 Å². The van der Waals surface area contributed by atoms with Crippen LogP contribution in [-0.4, -0.2) is 38.3 Å². The second-order valence-corrected chi connectivity index (χ2v) is 5.86. The second kappa shape index (κ2) is 6.45. The highest BCUT2D eigenvalue weighted by Crippen LogP contribution is 2.29. The van der Waals surface area contributed by atoms with Crippen LogP contribution in [0.5, 0.6) is 0 Å². The molecule has 0 bridgehead atoms. The summed E-state index contributed by atoms with van der Waals surface area (Å²) in [7, 11) is 0. The third-order valence-corrected chi connectivity index (χ3v) is 4.32. The summed E-state index contributed by atoms with van der Waals surface area (Å²) in [5.41, 5.74) is 7.91. The molecule has 114 valence electrons. The maximum absolute atomic E-state index is 12.4. The van der Waals surface area contributed by atoms with Crippen molar-refractivity contribution in [3.8, 4) is 0 Å². The van der Waals surface area contributed by atoms with E-state index in [1.165, 1.54) is 19.3 Å².